The molecule has 0 aliphatic rings. The zero-order valence-corrected chi connectivity index (χ0v) is 11.7. The molecule has 1 atom stereocenters. The smallest absolute Gasteiger partial charge is 0.139 e. The lowest BCUT2D eigenvalue weighted by Crippen LogP contribution is -2.12. The predicted octanol–water partition coefficient (Wildman–Crippen LogP) is 2.36. The molecule has 0 radical (unpaired) electrons. The summed E-state index contributed by atoms with van der Waals surface area (Å²) in [4.78, 5) is 12.0. The fourth-order valence-electron chi connectivity index (χ4n) is 2.41. The van der Waals surface area contributed by atoms with Gasteiger partial charge in [0.1, 0.15) is 5.78 Å². The van der Waals surface area contributed by atoms with E-state index in [1.807, 2.05) is 42.9 Å². The van der Waals surface area contributed by atoms with E-state index in [2.05, 4.69) is 5.10 Å². The highest BCUT2D eigenvalue weighted by molar-refractivity contribution is 5.88. The summed E-state index contributed by atoms with van der Waals surface area (Å²) in [6.07, 6.45) is 0.939. The number of aromatic nitrogens is 2. The number of aryl methyl sites for hydroxylation is 1. The van der Waals surface area contributed by atoms with Gasteiger partial charge in [0, 0.05) is 32.6 Å². The van der Waals surface area contributed by atoms with Gasteiger partial charge in [-0.25, -0.2) is 0 Å². The normalized spacial score (nSPS) is 12.8. The summed E-state index contributed by atoms with van der Waals surface area (Å²) in [5.74, 6) is 0.473. The molecule has 1 unspecified atom stereocenters. The minimum Gasteiger partial charge on any atom is -0.384 e. The summed E-state index contributed by atoms with van der Waals surface area (Å²) in [5.41, 5.74) is 1.93. The summed E-state index contributed by atoms with van der Waals surface area (Å²) in [7, 11) is 3.57. The number of nitrogens with zero attached hydrogens (tertiary/aromatic N) is 2. The Labute approximate surface area is 113 Å². The largest absolute Gasteiger partial charge is 0.384 e. The van der Waals surface area contributed by atoms with E-state index in [9.17, 15) is 4.79 Å². The lowest BCUT2D eigenvalue weighted by Gasteiger charge is -2.08. The van der Waals surface area contributed by atoms with Crippen molar-refractivity contribution in [1.29, 1.82) is 0 Å². The summed E-state index contributed by atoms with van der Waals surface area (Å²) in [5, 5.41) is 5.51. The number of fused-ring (bicyclic) bond motifs is 1. The zero-order chi connectivity index (χ0) is 13.8. The average Bonchev–Trinajstić information content (AvgIpc) is 2.67. The average molecular weight is 260 g/mol. The first kappa shape index (κ1) is 13.7. The number of hydrogen-bond acceptors (Lipinski definition) is 3. The molecule has 0 fully saturated rings. The fourth-order valence-corrected chi connectivity index (χ4v) is 2.41. The summed E-state index contributed by atoms with van der Waals surface area (Å²) >= 11 is 0. The molecule has 0 saturated heterocycles. The number of benzene rings is 1. The SMILES string of the molecule is COCC(C)CC(=O)Cc1nn(C)c2ccccc12. The van der Waals surface area contributed by atoms with Crippen molar-refractivity contribution in [3.8, 4) is 0 Å². The summed E-state index contributed by atoms with van der Waals surface area (Å²) < 4.78 is 6.89. The molecular formula is C15H20N2O2. The van der Waals surface area contributed by atoms with Crippen LogP contribution in [-0.2, 0) is 23.0 Å². The molecule has 0 bridgehead atoms. The molecule has 1 aromatic heterocycles. The van der Waals surface area contributed by atoms with Crippen molar-refractivity contribution in [2.24, 2.45) is 13.0 Å². The number of carbonyl (C=O) groups is 1. The van der Waals surface area contributed by atoms with E-state index >= 15 is 0 Å². The Kier molecular flexibility index (Phi) is 4.32. The number of ketones is 1. The molecule has 4 nitrogen and oxygen atoms in total. The number of ether oxygens (including phenoxy) is 1. The Hall–Kier alpha value is -1.68. The van der Waals surface area contributed by atoms with E-state index in [1.54, 1.807) is 7.11 Å². The molecule has 0 saturated carbocycles. The van der Waals surface area contributed by atoms with Crippen molar-refractivity contribution in [2.75, 3.05) is 13.7 Å². The molecule has 4 heteroatoms. The molecule has 2 rings (SSSR count). The molecule has 0 N–H and O–H groups in total. The second-order valence-corrected chi connectivity index (χ2v) is 5.07. The number of Topliss-reactive ketones (excluding diaryl/α,β-unsaturated/α-hetero) is 1. The highest BCUT2D eigenvalue weighted by Crippen LogP contribution is 2.18. The first-order valence-electron chi connectivity index (χ1n) is 6.53. The van der Waals surface area contributed by atoms with Crippen LogP contribution in [0.5, 0.6) is 0 Å². The topological polar surface area (TPSA) is 44.1 Å². The molecule has 19 heavy (non-hydrogen) atoms. The quantitative estimate of drug-likeness (QED) is 0.801. The second-order valence-electron chi connectivity index (χ2n) is 5.07. The lowest BCUT2D eigenvalue weighted by atomic mass is 10.0. The van der Waals surface area contributed by atoms with Crippen LogP contribution in [0, 0.1) is 5.92 Å². The van der Waals surface area contributed by atoms with Crippen molar-refractivity contribution >= 4 is 16.7 Å². The third-order valence-corrected chi connectivity index (χ3v) is 3.23. The van der Waals surface area contributed by atoms with Crippen LogP contribution in [-0.4, -0.2) is 29.3 Å². The number of hydrogen-bond donors (Lipinski definition) is 0. The molecule has 2 aromatic rings. The molecule has 0 aliphatic carbocycles. The first-order chi connectivity index (χ1) is 9.11. The third kappa shape index (κ3) is 3.20. The van der Waals surface area contributed by atoms with Crippen LogP contribution in [0.1, 0.15) is 19.0 Å². The van der Waals surface area contributed by atoms with Crippen LogP contribution < -0.4 is 0 Å². The Balaban J connectivity index is 2.11. The molecular weight excluding hydrogens is 240 g/mol. The van der Waals surface area contributed by atoms with Gasteiger partial charge in [0.15, 0.2) is 0 Å². The van der Waals surface area contributed by atoms with Gasteiger partial charge >= 0.3 is 0 Å². The monoisotopic (exact) mass is 260 g/mol. The zero-order valence-electron chi connectivity index (χ0n) is 11.7. The van der Waals surface area contributed by atoms with Gasteiger partial charge in [-0.15, -0.1) is 0 Å². The van der Waals surface area contributed by atoms with E-state index in [-0.39, 0.29) is 11.7 Å². The molecule has 0 spiro atoms. The van der Waals surface area contributed by atoms with Crippen molar-refractivity contribution in [3.63, 3.8) is 0 Å². The van der Waals surface area contributed by atoms with Crippen LogP contribution in [0.3, 0.4) is 0 Å². The minimum atomic E-state index is 0.216. The summed E-state index contributed by atoms with van der Waals surface area (Å²) in [6, 6.07) is 8.00. The minimum absolute atomic E-state index is 0.216. The Bertz CT molecular complexity index is 575. The Morgan fingerprint density at radius 2 is 2.16 bits per heavy atom. The van der Waals surface area contributed by atoms with Gasteiger partial charge in [-0.3, -0.25) is 9.48 Å². The van der Waals surface area contributed by atoms with E-state index in [1.165, 1.54) is 0 Å². The van der Waals surface area contributed by atoms with E-state index < -0.39 is 0 Å². The highest BCUT2D eigenvalue weighted by Gasteiger charge is 2.14. The van der Waals surface area contributed by atoms with Gasteiger partial charge in [-0.05, 0) is 12.0 Å². The maximum Gasteiger partial charge on any atom is 0.139 e. The Morgan fingerprint density at radius 1 is 1.42 bits per heavy atom. The van der Waals surface area contributed by atoms with Gasteiger partial charge in [0.25, 0.3) is 0 Å². The Morgan fingerprint density at radius 3 is 2.89 bits per heavy atom. The highest BCUT2D eigenvalue weighted by atomic mass is 16.5. The lowest BCUT2D eigenvalue weighted by molar-refractivity contribution is -0.119. The standard InChI is InChI=1S/C15H20N2O2/c1-11(10-19-3)8-12(18)9-14-13-6-4-5-7-15(13)17(2)16-14/h4-7,11H,8-10H2,1-3H3. The molecule has 0 aliphatic heterocycles. The van der Waals surface area contributed by atoms with Crippen molar-refractivity contribution in [1.82, 2.24) is 9.78 Å². The van der Waals surface area contributed by atoms with Gasteiger partial charge in [0.2, 0.25) is 0 Å². The van der Waals surface area contributed by atoms with Crippen LogP contribution >= 0.6 is 0 Å². The molecule has 102 valence electrons. The predicted molar refractivity (Wildman–Crippen MR) is 75.1 cm³/mol. The van der Waals surface area contributed by atoms with Gasteiger partial charge in [-0.2, -0.15) is 5.10 Å². The van der Waals surface area contributed by atoms with Crippen LogP contribution in [0.2, 0.25) is 0 Å². The van der Waals surface area contributed by atoms with Crippen LogP contribution in [0.25, 0.3) is 10.9 Å². The van der Waals surface area contributed by atoms with Gasteiger partial charge in [0.05, 0.1) is 17.6 Å². The van der Waals surface area contributed by atoms with Crippen LogP contribution in [0.15, 0.2) is 24.3 Å². The van der Waals surface area contributed by atoms with Gasteiger partial charge in [-0.1, -0.05) is 25.1 Å². The molecule has 1 aromatic carbocycles. The van der Waals surface area contributed by atoms with Gasteiger partial charge < -0.3 is 4.74 Å². The first-order valence-corrected chi connectivity index (χ1v) is 6.53. The molecule has 0 amide bonds. The number of methoxy groups -OCH3 is 1. The number of rotatable bonds is 6. The van der Waals surface area contributed by atoms with Crippen molar-refractivity contribution in [2.45, 2.75) is 19.8 Å². The van der Waals surface area contributed by atoms with E-state index in [0.717, 1.165) is 16.6 Å². The van der Waals surface area contributed by atoms with E-state index in [0.29, 0.717) is 19.4 Å². The number of para-hydroxylation sites is 1. The maximum absolute atomic E-state index is 12.0. The number of carbonyl (C=O) groups excluding carboxylic acids is 1. The summed E-state index contributed by atoms with van der Waals surface area (Å²) in [6.45, 7) is 2.65. The van der Waals surface area contributed by atoms with E-state index in [4.69, 9.17) is 4.74 Å². The third-order valence-electron chi connectivity index (χ3n) is 3.23. The maximum atomic E-state index is 12.0. The molecule has 1 heterocycles. The van der Waals surface area contributed by atoms with Crippen molar-refractivity contribution in [3.05, 3.63) is 30.0 Å². The van der Waals surface area contributed by atoms with Crippen LogP contribution in [0.4, 0.5) is 0 Å². The fraction of sp³-hybridized carbons (Fsp3) is 0.467. The van der Waals surface area contributed by atoms with Crippen molar-refractivity contribution < 1.29 is 9.53 Å². The second kappa shape index (κ2) is 5.97.